The first kappa shape index (κ1) is 34.3. The van der Waals surface area contributed by atoms with E-state index in [4.69, 9.17) is 0 Å². The largest absolute Gasteiger partial charge is 0.507 e. The van der Waals surface area contributed by atoms with Crippen molar-refractivity contribution in [2.24, 2.45) is 23.7 Å². The number of rotatable bonds is 7. The first-order valence-corrected chi connectivity index (χ1v) is 19.6. The number of carbonyl (C=O) groups excluding carboxylic acids is 4. The zero-order chi connectivity index (χ0) is 37.5. The van der Waals surface area contributed by atoms with Gasteiger partial charge in [0.2, 0.25) is 11.8 Å². The van der Waals surface area contributed by atoms with Crippen LogP contribution >= 0.6 is 0 Å². The van der Waals surface area contributed by atoms with Crippen LogP contribution in [0.3, 0.4) is 0 Å². The minimum absolute atomic E-state index is 0.0568. The lowest BCUT2D eigenvalue weighted by Crippen LogP contribution is -2.58. The molecule has 7 heterocycles. The number of hydrogen-bond donors (Lipinski definition) is 3. The number of halogens is 1. The lowest BCUT2D eigenvalue weighted by atomic mass is 9.93. The van der Waals surface area contributed by atoms with Gasteiger partial charge >= 0.3 is 0 Å². The fourth-order valence-corrected chi connectivity index (χ4v) is 10.2. The van der Waals surface area contributed by atoms with Crippen molar-refractivity contribution in [2.45, 2.75) is 37.5 Å². The lowest BCUT2D eigenvalue weighted by Gasteiger charge is -2.46. The third-order valence-electron chi connectivity index (χ3n) is 13.2. The maximum absolute atomic E-state index is 15.8. The van der Waals surface area contributed by atoms with Crippen molar-refractivity contribution < 1.29 is 28.7 Å². The highest BCUT2D eigenvalue weighted by molar-refractivity contribution is 6.23. The molecule has 14 nitrogen and oxygen atoms in total. The standard InChI is InChI=1S/C40H44FN9O5/c41-31-21-48(23-5-6-25-27(13-23)40(55)50(39(25)54)33-7-8-36(52)43-38(33)53)10-9-22(31)16-47-19-29-28(30(29)20-47)18-46-11-12-49-24(17-46)15-42-37-34(49)14-32(44-45-37)26-3-1-2-4-35(26)51/h1-6,13-14,22,24,28-31,33,51H,7-12,15-21H2,(H,42,45)(H,43,52,53)/t22-,24+,28?,29-,30+,31-,33?/m1/s1. The number of piperazine rings is 1. The molecule has 0 bridgehead atoms. The molecular weight excluding hydrogens is 705 g/mol. The number of para-hydroxylation sites is 1. The summed E-state index contributed by atoms with van der Waals surface area (Å²) in [6.45, 7) is 8.48. The van der Waals surface area contributed by atoms with E-state index in [1.807, 2.05) is 23.1 Å². The van der Waals surface area contributed by atoms with Crippen molar-refractivity contribution in [3.05, 3.63) is 59.7 Å². The molecule has 1 aromatic heterocycles. The Kier molecular flexibility index (Phi) is 8.28. The van der Waals surface area contributed by atoms with Crippen LogP contribution in [0.1, 0.15) is 40.0 Å². The number of aromatic hydroxyl groups is 1. The summed E-state index contributed by atoms with van der Waals surface area (Å²) >= 11 is 0. The van der Waals surface area contributed by atoms with E-state index in [0.717, 1.165) is 68.8 Å². The zero-order valence-corrected chi connectivity index (χ0v) is 30.4. The summed E-state index contributed by atoms with van der Waals surface area (Å²) in [6, 6.07) is 13.6. The second kappa shape index (κ2) is 13.3. The molecule has 0 spiro atoms. The highest BCUT2D eigenvalue weighted by Gasteiger charge is 2.56. The number of anilines is 3. The normalized spacial score (nSPS) is 30.4. The Morgan fingerprint density at radius 3 is 2.44 bits per heavy atom. The van der Waals surface area contributed by atoms with Crippen LogP contribution in [0.2, 0.25) is 0 Å². The molecule has 2 unspecified atom stereocenters. The maximum atomic E-state index is 15.8. The Labute approximate surface area is 317 Å². The quantitative estimate of drug-likeness (QED) is 0.304. The fourth-order valence-electron chi connectivity index (χ4n) is 10.2. The second-order valence-electron chi connectivity index (χ2n) is 16.4. The smallest absolute Gasteiger partial charge is 0.262 e. The summed E-state index contributed by atoms with van der Waals surface area (Å²) in [7, 11) is 0. The van der Waals surface area contributed by atoms with Crippen LogP contribution < -0.4 is 20.4 Å². The molecule has 7 atom stereocenters. The van der Waals surface area contributed by atoms with Crippen LogP contribution in [-0.4, -0.2) is 137 Å². The predicted octanol–water partition coefficient (Wildman–Crippen LogP) is 2.21. The average Bonchev–Trinajstić information content (AvgIpc) is 3.49. The Hall–Kier alpha value is -5.15. The van der Waals surface area contributed by atoms with E-state index in [-0.39, 0.29) is 42.2 Å². The van der Waals surface area contributed by atoms with Crippen molar-refractivity contribution in [3.63, 3.8) is 0 Å². The van der Waals surface area contributed by atoms with Gasteiger partial charge in [-0.05, 0) is 67.0 Å². The number of likely N-dealkylation sites (tertiary alicyclic amines) is 1. The van der Waals surface area contributed by atoms with Crippen LogP contribution in [0.4, 0.5) is 21.6 Å². The molecule has 3 aromatic rings. The Morgan fingerprint density at radius 1 is 0.818 bits per heavy atom. The van der Waals surface area contributed by atoms with E-state index in [9.17, 15) is 24.3 Å². The van der Waals surface area contributed by atoms with Crippen LogP contribution in [-0.2, 0) is 9.59 Å². The number of hydrogen-bond acceptors (Lipinski definition) is 12. The fraction of sp³-hybridized carbons (Fsp3) is 0.500. The summed E-state index contributed by atoms with van der Waals surface area (Å²) in [5, 5.41) is 24.9. The molecule has 1 saturated carbocycles. The predicted molar refractivity (Wildman–Crippen MR) is 200 cm³/mol. The van der Waals surface area contributed by atoms with Gasteiger partial charge in [-0.25, -0.2) is 4.39 Å². The topological polar surface area (TPSA) is 155 Å². The van der Waals surface area contributed by atoms with Crippen molar-refractivity contribution in [1.29, 1.82) is 0 Å². The number of aromatic nitrogens is 2. The Morgan fingerprint density at radius 2 is 1.64 bits per heavy atom. The first-order valence-electron chi connectivity index (χ1n) is 19.6. The number of nitrogens with zero attached hydrogens (tertiary/aromatic N) is 7. The number of alkyl halides is 1. The van der Waals surface area contributed by atoms with Crippen LogP contribution in [0.5, 0.6) is 5.75 Å². The minimum atomic E-state index is -1.02. The third kappa shape index (κ3) is 5.98. The number of fused-ring (bicyclic) bond motifs is 5. The van der Waals surface area contributed by atoms with Gasteiger partial charge in [0.1, 0.15) is 18.0 Å². The first-order chi connectivity index (χ1) is 26.7. The van der Waals surface area contributed by atoms with Crippen molar-refractivity contribution in [1.82, 2.24) is 30.2 Å². The monoisotopic (exact) mass is 749 g/mol. The Bertz CT molecular complexity index is 2090. The van der Waals surface area contributed by atoms with E-state index in [2.05, 4.69) is 35.5 Å². The van der Waals surface area contributed by atoms with Gasteiger partial charge in [-0.15, -0.1) is 10.2 Å². The molecule has 4 amide bonds. The molecule has 15 heteroatoms. The SMILES string of the molecule is O=C1CCC(N2C(=O)c3ccc(N4CC[C@H](CN5C[C@@H]6C(CN7CCN8c9cc(-c%10ccccc%10O)nnc9NC[C@H]8C7)[C@@H]6C5)[C@H](F)C4)cc3C2=O)C(=O)N1. The number of phenols is 1. The third-order valence-corrected chi connectivity index (χ3v) is 13.2. The molecule has 0 radical (unpaired) electrons. The van der Waals surface area contributed by atoms with Crippen LogP contribution in [0.25, 0.3) is 11.3 Å². The van der Waals surface area contributed by atoms with Crippen molar-refractivity contribution in [2.75, 3.05) is 80.6 Å². The molecule has 2 aromatic carbocycles. The summed E-state index contributed by atoms with van der Waals surface area (Å²) in [6.07, 6.45) is -0.147. The molecular formula is C40H44FN9O5. The number of amides is 4. The number of carbonyl (C=O) groups is 4. The molecule has 286 valence electrons. The summed E-state index contributed by atoms with van der Waals surface area (Å²) in [5.41, 5.74) is 3.52. The van der Waals surface area contributed by atoms with Gasteiger partial charge in [0.25, 0.3) is 11.8 Å². The Balaban J connectivity index is 0.701. The van der Waals surface area contributed by atoms with Crippen molar-refractivity contribution in [3.8, 4) is 17.0 Å². The van der Waals surface area contributed by atoms with Gasteiger partial charge in [-0.3, -0.25) is 34.3 Å². The maximum Gasteiger partial charge on any atom is 0.262 e. The molecule has 3 N–H and O–H groups in total. The van der Waals surface area contributed by atoms with E-state index in [1.165, 1.54) is 0 Å². The van der Waals surface area contributed by atoms with E-state index in [1.54, 1.807) is 30.3 Å². The average molecular weight is 750 g/mol. The van der Waals surface area contributed by atoms with E-state index in [0.29, 0.717) is 53.7 Å². The second-order valence-corrected chi connectivity index (χ2v) is 16.4. The van der Waals surface area contributed by atoms with Crippen LogP contribution in [0, 0.1) is 23.7 Å². The zero-order valence-electron chi connectivity index (χ0n) is 30.4. The molecule has 1 aliphatic carbocycles. The number of benzene rings is 2. The summed E-state index contributed by atoms with van der Waals surface area (Å²) < 4.78 is 15.8. The molecule has 10 rings (SSSR count). The molecule has 6 aliphatic heterocycles. The number of piperidine rings is 3. The van der Waals surface area contributed by atoms with Crippen LogP contribution in [0.15, 0.2) is 48.5 Å². The van der Waals surface area contributed by atoms with Gasteiger partial charge < -0.3 is 25.1 Å². The molecule has 4 saturated heterocycles. The molecule has 55 heavy (non-hydrogen) atoms. The lowest BCUT2D eigenvalue weighted by molar-refractivity contribution is -0.136. The van der Waals surface area contributed by atoms with Gasteiger partial charge in [-0.2, -0.15) is 0 Å². The minimum Gasteiger partial charge on any atom is -0.507 e. The van der Waals surface area contributed by atoms with Gasteiger partial charge in [-0.1, -0.05) is 12.1 Å². The summed E-state index contributed by atoms with van der Waals surface area (Å²) in [5.74, 6) is 0.813. The van der Waals surface area contributed by atoms with E-state index < -0.39 is 35.8 Å². The molecule has 5 fully saturated rings. The van der Waals surface area contributed by atoms with Gasteiger partial charge in [0, 0.05) is 89.0 Å². The number of nitrogens with one attached hydrogen (secondary N) is 2. The molecule has 7 aliphatic rings. The van der Waals surface area contributed by atoms with Crippen molar-refractivity contribution >= 4 is 40.8 Å². The van der Waals surface area contributed by atoms with Gasteiger partial charge in [0.05, 0.1) is 28.6 Å². The summed E-state index contributed by atoms with van der Waals surface area (Å²) in [4.78, 5) is 60.9. The highest BCUT2D eigenvalue weighted by atomic mass is 19.1. The van der Waals surface area contributed by atoms with Gasteiger partial charge in [0.15, 0.2) is 5.82 Å². The number of imide groups is 2. The van der Waals surface area contributed by atoms with E-state index >= 15 is 4.39 Å². The number of phenolic OH excluding ortho intramolecular Hbond substituents is 1. The highest BCUT2D eigenvalue weighted by Crippen LogP contribution is 2.52.